The van der Waals surface area contributed by atoms with Crippen molar-refractivity contribution in [2.45, 2.75) is 38.5 Å². The molecule has 1 aliphatic rings. The Morgan fingerprint density at radius 2 is 2.14 bits per heavy atom. The van der Waals surface area contributed by atoms with E-state index in [4.69, 9.17) is 0 Å². The standard InChI is InChI=1S/C10H18N4/c1-2-3-9-12-10(14-13-9)8-4-6-11-7-5-8/h8,11H,2-7H2,1H3,(H,12,13,14). The molecule has 2 rings (SSSR count). The van der Waals surface area contributed by atoms with Crippen molar-refractivity contribution in [2.75, 3.05) is 13.1 Å². The summed E-state index contributed by atoms with van der Waals surface area (Å²) in [7, 11) is 0. The van der Waals surface area contributed by atoms with E-state index in [0.717, 1.165) is 37.6 Å². The SMILES string of the molecule is CCCc1nc(C2CCNCC2)n[nH]1. The molecular weight excluding hydrogens is 176 g/mol. The Balaban J connectivity index is 2.00. The van der Waals surface area contributed by atoms with Crippen LogP contribution in [0.15, 0.2) is 0 Å². The minimum absolute atomic E-state index is 0.568. The summed E-state index contributed by atoms with van der Waals surface area (Å²) in [5, 5.41) is 10.7. The van der Waals surface area contributed by atoms with E-state index in [2.05, 4.69) is 27.4 Å². The number of rotatable bonds is 3. The summed E-state index contributed by atoms with van der Waals surface area (Å²) in [5.74, 6) is 2.63. The van der Waals surface area contributed by atoms with Gasteiger partial charge in [-0.25, -0.2) is 4.98 Å². The van der Waals surface area contributed by atoms with Crippen molar-refractivity contribution >= 4 is 0 Å². The Bertz CT molecular complexity index is 275. The lowest BCUT2D eigenvalue weighted by Gasteiger charge is -2.19. The van der Waals surface area contributed by atoms with Gasteiger partial charge in [0.05, 0.1) is 0 Å². The quantitative estimate of drug-likeness (QED) is 0.760. The first-order valence-electron chi connectivity index (χ1n) is 5.52. The molecule has 14 heavy (non-hydrogen) atoms. The summed E-state index contributed by atoms with van der Waals surface area (Å²) >= 11 is 0. The topological polar surface area (TPSA) is 53.6 Å². The molecule has 1 fully saturated rings. The largest absolute Gasteiger partial charge is 0.317 e. The lowest BCUT2D eigenvalue weighted by Crippen LogP contribution is -2.27. The van der Waals surface area contributed by atoms with Gasteiger partial charge in [0.15, 0.2) is 5.82 Å². The van der Waals surface area contributed by atoms with Crippen LogP contribution in [0, 0.1) is 0 Å². The van der Waals surface area contributed by atoms with Gasteiger partial charge in [0.2, 0.25) is 0 Å². The number of nitrogens with one attached hydrogen (secondary N) is 2. The molecule has 4 nitrogen and oxygen atoms in total. The van der Waals surface area contributed by atoms with Gasteiger partial charge in [-0.3, -0.25) is 5.10 Å². The molecule has 4 heteroatoms. The molecule has 1 aromatic rings. The number of nitrogens with zero attached hydrogens (tertiary/aromatic N) is 2. The number of hydrogen-bond donors (Lipinski definition) is 2. The van der Waals surface area contributed by atoms with Crippen molar-refractivity contribution in [3.8, 4) is 0 Å². The highest BCUT2D eigenvalue weighted by atomic mass is 15.2. The van der Waals surface area contributed by atoms with Crippen LogP contribution in [0.4, 0.5) is 0 Å². The second kappa shape index (κ2) is 4.55. The first-order chi connectivity index (χ1) is 6.90. The van der Waals surface area contributed by atoms with Crippen molar-refractivity contribution in [2.24, 2.45) is 0 Å². The fraction of sp³-hybridized carbons (Fsp3) is 0.800. The highest BCUT2D eigenvalue weighted by Gasteiger charge is 2.18. The second-order valence-electron chi connectivity index (χ2n) is 3.91. The van der Waals surface area contributed by atoms with E-state index in [1.165, 1.54) is 12.8 Å². The van der Waals surface area contributed by atoms with Crippen LogP contribution in [0.2, 0.25) is 0 Å². The smallest absolute Gasteiger partial charge is 0.153 e. The van der Waals surface area contributed by atoms with Gasteiger partial charge in [-0.1, -0.05) is 6.92 Å². The van der Waals surface area contributed by atoms with Gasteiger partial charge in [0, 0.05) is 12.3 Å². The molecule has 1 saturated heterocycles. The third-order valence-corrected chi connectivity index (χ3v) is 2.74. The van der Waals surface area contributed by atoms with E-state index in [1.807, 2.05) is 0 Å². The van der Waals surface area contributed by atoms with Crippen LogP contribution < -0.4 is 5.32 Å². The fourth-order valence-electron chi connectivity index (χ4n) is 1.92. The van der Waals surface area contributed by atoms with E-state index in [0.29, 0.717) is 5.92 Å². The zero-order valence-corrected chi connectivity index (χ0v) is 8.71. The number of H-pyrrole nitrogens is 1. The first kappa shape index (κ1) is 9.65. The van der Waals surface area contributed by atoms with E-state index in [-0.39, 0.29) is 0 Å². The van der Waals surface area contributed by atoms with Crippen LogP contribution >= 0.6 is 0 Å². The van der Waals surface area contributed by atoms with E-state index in [9.17, 15) is 0 Å². The number of aromatic amines is 1. The van der Waals surface area contributed by atoms with Crippen molar-refractivity contribution < 1.29 is 0 Å². The Kier molecular flexibility index (Phi) is 3.14. The number of piperidine rings is 1. The third kappa shape index (κ3) is 2.12. The van der Waals surface area contributed by atoms with Crippen LogP contribution in [0.3, 0.4) is 0 Å². The molecule has 1 aliphatic heterocycles. The van der Waals surface area contributed by atoms with Crippen LogP contribution in [-0.2, 0) is 6.42 Å². The zero-order valence-electron chi connectivity index (χ0n) is 8.71. The van der Waals surface area contributed by atoms with Crippen molar-refractivity contribution in [1.82, 2.24) is 20.5 Å². The van der Waals surface area contributed by atoms with E-state index >= 15 is 0 Å². The van der Waals surface area contributed by atoms with Gasteiger partial charge in [0.1, 0.15) is 5.82 Å². The minimum Gasteiger partial charge on any atom is -0.317 e. The van der Waals surface area contributed by atoms with Crippen LogP contribution in [0.1, 0.15) is 43.8 Å². The predicted molar refractivity (Wildman–Crippen MR) is 55.2 cm³/mol. The molecule has 2 heterocycles. The maximum Gasteiger partial charge on any atom is 0.153 e. The Hall–Kier alpha value is -0.900. The lowest BCUT2D eigenvalue weighted by atomic mass is 9.98. The molecule has 2 N–H and O–H groups in total. The summed E-state index contributed by atoms with van der Waals surface area (Å²) in [4.78, 5) is 4.53. The van der Waals surface area contributed by atoms with Gasteiger partial charge in [0.25, 0.3) is 0 Å². The molecule has 0 atom stereocenters. The van der Waals surface area contributed by atoms with Crippen LogP contribution in [-0.4, -0.2) is 28.3 Å². The first-order valence-corrected chi connectivity index (χ1v) is 5.52. The Morgan fingerprint density at radius 3 is 2.86 bits per heavy atom. The van der Waals surface area contributed by atoms with Crippen LogP contribution in [0.5, 0.6) is 0 Å². The molecule has 0 bridgehead atoms. The summed E-state index contributed by atoms with van der Waals surface area (Å²) in [6.07, 6.45) is 4.48. The minimum atomic E-state index is 0.568. The van der Waals surface area contributed by atoms with E-state index < -0.39 is 0 Å². The molecule has 0 radical (unpaired) electrons. The molecule has 78 valence electrons. The monoisotopic (exact) mass is 194 g/mol. The summed E-state index contributed by atoms with van der Waals surface area (Å²) in [5.41, 5.74) is 0. The lowest BCUT2D eigenvalue weighted by molar-refractivity contribution is 0.445. The number of aryl methyl sites for hydroxylation is 1. The summed E-state index contributed by atoms with van der Waals surface area (Å²) < 4.78 is 0. The molecule has 0 saturated carbocycles. The predicted octanol–water partition coefficient (Wildman–Crippen LogP) is 1.22. The highest BCUT2D eigenvalue weighted by molar-refractivity contribution is 4.99. The van der Waals surface area contributed by atoms with E-state index in [1.54, 1.807) is 0 Å². The molecule has 0 amide bonds. The summed E-state index contributed by atoms with van der Waals surface area (Å²) in [6.45, 7) is 4.36. The van der Waals surface area contributed by atoms with Gasteiger partial charge in [-0.15, -0.1) is 0 Å². The Morgan fingerprint density at radius 1 is 1.36 bits per heavy atom. The average Bonchev–Trinajstić information content (AvgIpc) is 2.68. The molecular formula is C10H18N4. The van der Waals surface area contributed by atoms with Crippen molar-refractivity contribution in [3.05, 3.63) is 11.6 Å². The second-order valence-corrected chi connectivity index (χ2v) is 3.91. The third-order valence-electron chi connectivity index (χ3n) is 2.74. The fourth-order valence-corrected chi connectivity index (χ4v) is 1.92. The molecule has 1 aromatic heterocycles. The zero-order chi connectivity index (χ0) is 9.80. The molecule has 0 unspecified atom stereocenters. The van der Waals surface area contributed by atoms with Gasteiger partial charge < -0.3 is 5.32 Å². The Labute approximate surface area is 84.5 Å². The van der Waals surface area contributed by atoms with Crippen molar-refractivity contribution in [3.63, 3.8) is 0 Å². The normalized spacial score (nSPS) is 18.6. The maximum absolute atomic E-state index is 4.53. The van der Waals surface area contributed by atoms with Gasteiger partial charge in [-0.2, -0.15) is 5.10 Å². The van der Waals surface area contributed by atoms with Gasteiger partial charge >= 0.3 is 0 Å². The average molecular weight is 194 g/mol. The molecule has 0 spiro atoms. The number of aromatic nitrogens is 3. The van der Waals surface area contributed by atoms with Crippen molar-refractivity contribution in [1.29, 1.82) is 0 Å². The molecule has 0 aromatic carbocycles. The highest BCUT2D eigenvalue weighted by Crippen LogP contribution is 2.21. The number of hydrogen-bond acceptors (Lipinski definition) is 3. The molecule has 0 aliphatic carbocycles. The van der Waals surface area contributed by atoms with Gasteiger partial charge in [-0.05, 0) is 32.4 Å². The summed E-state index contributed by atoms with van der Waals surface area (Å²) in [6, 6.07) is 0. The van der Waals surface area contributed by atoms with Crippen LogP contribution in [0.25, 0.3) is 0 Å². The maximum atomic E-state index is 4.53.